The monoisotopic (exact) mass is 291 g/mol. The minimum atomic E-state index is -0.289. The summed E-state index contributed by atoms with van der Waals surface area (Å²) in [6, 6.07) is 18.1. The number of rotatable bonds is 5. The lowest BCUT2D eigenvalue weighted by molar-refractivity contribution is 0.104. The molecule has 0 radical (unpaired) electrons. The number of allylic oxidation sites excluding steroid dienone is 1. The molecule has 0 heterocycles. The van der Waals surface area contributed by atoms with E-state index >= 15 is 0 Å². The number of para-hydroxylation sites is 1. The van der Waals surface area contributed by atoms with Crippen LogP contribution in [0, 0.1) is 11.3 Å². The van der Waals surface area contributed by atoms with Gasteiger partial charge < -0.3 is 4.74 Å². The lowest BCUT2D eigenvalue weighted by Gasteiger charge is -2.12. The average molecular weight is 291 g/mol. The standard InChI is InChI=1S/C19H17NO2/c1-14(2)22-18-11-7-6-10-16(18)12-17(13-20)19(21)15-8-4-3-5-9-15/h3-12,14H,1-2H3/b17-12+. The van der Waals surface area contributed by atoms with Crippen molar-refractivity contribution in [3.05, 3.63) is 71.3 Å². The van der Waals surface area contributed by atoms with Gasteiger partial charge >= 0.3 is 0 Å². The maximum absolute atomic E-state index is 12.4. The molecule has 2 aromatic carbocycles. The van der Waals surface area contributed by atoms with E-state index in [-0.39, 0.29) is 17.5 Å². The van der Waals surface area contributed by atoms with Gasteiger partial charge in [-0.1, -0.05) is 48.5 Å². The van der Waals surface area contributed by atoms with Crippen LogP contribution in [-0.2, 0) is 0 Å². The largest absolute Gasteiger partial charge is 0.490 e. The first-order chi connectivity index (χ1) is 10.6. The van der Waals surface area contributed by atoms with Gasteiger partial charge in [-0.15, -0.1) is 0 Å². The summed E-state index contributed by atoms with van der Waals surface area (Å²) >= 11 is 0. The van der Waals surface area contributed by atoms with Crippen molar-refractivity contribution >= 4 is 11.9 Å². The zero-order chi connectivity index (χ0) is 15.9. The second kappa shape index (κ2) is 7.24. The number of carbonyl (C=O) groups excluding carboxylic acids is 1. The lowest BCUT2D eigenvalue weighted by atomic mass is 10.0. The normalized spacial score (nSPS) is 11.1. The molecule has 0 fully saturated rings. The van der Waals surface area contributed by atoms with E-state index in [4.69, 9.17) is 4.74 Å². The van der Waals surface area contributed by atoms with Gasteiger partial charge in [0.05, 0.1) is 6.10 Å². The maximum Gasteiger partial charge on any atom is 0.203 e. The Labute approximate surface area is 130 Å². The highest BCUT2D eigenvalue weighted by molar-refractivity contribution is 6.14. The molecule has 0 aromatic heterocycles. The van der Waals surface area contributed by atoms with Crippen molar-refractivity contribution in [3.63, 3.8) is 0 Å². The molecule has 2 rings (SSSR count). The molecule has 22 heavy (non-hydrogen) atoms. The van der Waals surface area contributed by atoms with Gasteiger partial charge in [-0.25, -0.2) is 0 Å². The molecular formula is C19H17NO2. The summed E-state index contributed by atoms with van der Waals surface area (Å²) in [4.78, 5) is 12.4. The summed E-state index contributed by atoms with van der Waals surface area (Å²) in [7, 11) is 0. The third-order valence-electron chi connectivity index (χ3n) is 2.98. The first kappa shape index (κ1) is 15.5. The molecule has 0 aliphatic rings. The molecule has 2 aromatic rings. The molecular weight excluding hydrogens is 274 g/mol. The van der Waals surface area contributed by atoms with Gasteiger partial charge in [0.25, 0.3) is 0 Å². The van der Waals surface area contributed by atoms with Crippen LogP contribution in [0.3, 0.4) is 0 Å². The van der Waals surface area contributed by atoms with Gasteiger partial charge in [-0.2, -0.15) is 5.26 Å². The molecule has 0 aliphatic heterocycles. The van der Waals surface area contributed by atoms with Gasteiger partial charge in [-0.3, -0.25) is 4.79 Å². The molecule has 3 heteroatoms. The SMILES string of the molecule is CC(C)Oc1ccccc1/C=C(\C#N)C(=O)c1ccccc1. The zero-order valence-corrected chi connectivity index (χ0v) is 12.6. The molecule has 0 saturated carbocycles. The fourth-order valence-electron chi connectivity index (χ4n) is 2.01. The maximum atomic E-state index is 12.4. The molecule has 0 aliphatic carbocycles. The molecule has 0 atom stereocenters. The van der Waals surface area contributed by atoms with Crippen LogP contribution >= 0.6 is 0 Å². The number of ether oxygens (including phenoxy) is 1. The van der Waals surface area contributed by atoms with E-state index in [0.717, 1.165) is 5.56 Å². The number of ketones is 1. The van der Waals surface area contributed by atoms with Gasteiger partial charge in [0, 0.05) is 11.1 Å². The highest BCUT2D eigenvalue weighted by Crippen LogP contribution is 2.23. The quantitative estimate of drug-likeness (QED) is 0.470. The summed E-state index contributed by atoms with van der Waals surface area (Å²) in [6.07, 6.45) is 1.59. The third kappa shape index (κ3) is 3.83. The molecule has 0 N–H and O–H groups in total. The Balaban J connectivity index is 2.38. The lowest BCUT2D eigenvalue weighted by Crippen LogP contribution is -2.07. The molecule has 0 amide bonds. The Kier molecular flexibility index (Phi) is 5.11. The van der Waals surface area contributed by atoms with Crippen molar-refractivity contribution in [1.82, 2.24) is 0 Å². The number of Topliss-reactive ketones (excluding diaryl/α,β-unsaturated/α-hetero) is 1. The van der Waals surface area contributed by atoms with E-state index < -0.39 is 0 Å². The minimum Gasteiger partial charge on any atom is -0.490 e. The van der Waals surface area contributed by atoms with Crippen LogP contribution in [0.4, 0.5) is 0 Å². The summed E-state index contributed by atoms with van der Waals surface area (Å²) in [5.74, 6) is 0.369. The smallest absolute Gasteiger partial charge is 0.203 e. The van der Waals surface area contributed by atoms with Crippen molar-refractivity contribution in [2.75, 3.05) is 0 Å². The van der Waals surface area contributed by atoms with Crippen LogP contribution in [0.2, 0.25) is 0 Å². The molecule has 0 bridgehead atoms. The first-order valence-electron chi connectivity index (χ1n) is 7.09. The number of carbonyl (C=O) groups is 1. The molecule has 110 valence electrons. The topological polar surface area (TPSA) is 50.1 Å². The van der Waals surface area contributed by atoms with E-state index in [1.165, 1.54) is 0 Å². The van der Waals surface area contributed by atoms with E-state index in [0.29, 0.717) is 11.3 Å². The van der Waals surface area contributed by atoms with Crippen LogP contribution in [0.15, 0.2) is 60.2 Å². The second-order valence-corrected chi connectivity index (χ2v) is 5.07. The van der Waals surface area contributed by atoms with Crippen molar-refractivity contribution < 1.29 is 9.53 Å². The van der Waals surface area contributed by atoms with Crippen molar-refractivity contribution in [1.29, 1.82) is 5.26 Å². The van der Waals surface area contributed by atoms with Crippen LogP contribution in [-0.4, -0.2) is 11.9 Å². The number of hydrogen-bond donors (Lipinski definition) is 0. The summed E-state index contributed by atoms with van der Waals surface area (Å²) in [6.45, 7) is 3.86. The Morgan fingerprint density at radius 1 is 1.09 bits per heavy atom. The predicted molar refractivity (Wildman–Crippen MR) is 86.6 cm³/mol. The number of nitriles is 1. The van der Waals surface area contributed by atoms with Gasteiger partial charge in [-0.05, 0) is 26.0 Å². The van der Waals surface area contributed by atoms with E-state index in [1.807, 2.05) is 50.2 Å². The zero-order valence-electron chi connectivity index (χ0n) is 12.6. The Bertz CT molecular complexity index is 725. The fraction of sp³-hybridized carbons (Fsp3) is 0.158. The summed E-state index contributed by atoms with van der Waals surface area (Å²) in [5, 5.41) is 9.31. The summed E-state index contributed by atoms with van der Waals surface area (Å²) in [5.41, 5.74) is 1.31. The number of benzene rings is 2. The van der Waals surface area contributed by atoms with Gasteiger partial charge in [0.15, 0.2) is 0 Å². The third-order valence-corrected chi connectivity index (χ3v) is 2.98. The molecule has 0 unspecified atom stereocenters. The summed E-state index contributed by atoms with van der Waals surface area (Å²) < 4.78 is 5.71. The van der Waals surface area contributed by atoms with E-state index in [1.54, 1.807) is 30.3 Å². The van der Waals surface area contributed by atoms with Crippen LogP contribution in [0.25, 0.3) is 6.08 Å². The predicted octanol–water partition coefficient (Wildman–Crippen LogP) is 4.26. The number of hydrogen-bond acceptors (Lipinski definition) is 3. The van der Waals surface area contributed by atoms with Crippen molar-refractivity contribution in [2.24, 2.45) is 0 Å². The molecule has 0 saturated heterocycles. The minimum absolute atomic E-state index is 0.0184. The number of nitrogens with zero attached hydrogens (tertiary/aromatic N) is 1. The van der Waals surface area contributed by atoms with Gasteiger partial charge in [0.1, 0.15) is 17.4 Å². The Morgan fingerprint density at radius 3 is 2.36 bits per heavy atom. The highest BCUT2D eigenvalue weighted by Gasteiger charge is 2.13. The Hall–Kier alpha value is -2.86. The average Bonchev–Trinajstić information content (AvgIpc) is 2.53. The van der Waals surface area contributed by atoms with Crippen LogP contribution in [0.5, 0.6) is 5.75 Å². The molecule has 3 nitrogen and oxygen atoms in total. The van der Waals surface area contributed by atoms with Gasteiger partial charge in [0.2, 0.25) is 5.78 Å². The fourth-order valence-corrected chi connectivity index (χ4v) is 2.01. The molecule has 0 spiro atoms. The first-order valence-corrected chi connectivity index (χ1v) is 7.09. The highest BCUT2D eigenvalue weighted by atomic mass is 16.5. The van der Waals surface area contributed by atoms with Crippen LogP contribution < -0.4 is 4.74 Å². The van der Waals surface area contributed by atoms with E-state index in [9.17, 15) is 10.1 Å². The van der Waals surface area contributed by atoms with Crippen LogP contribution in [0.1, 0.15) is 29.8 Å². The van der Waals surface area contributed by atoms with Crippen molar-refractivity contribution in [3.8, 4) is 11.8 Å². The second-order valence-electron chi connectivity index (χ2n) is 5.07. The van der Waals surface area contributed by atoms with E-state index in [2.05, 4.69) is 0 Å². The Morgan fingerprint density at radius 2 is 1.73 bits per heavy atom. The van der Waals surface area contributed by atoms with Crippen molar-refractivity contribution in [2.45, 2.75) is 20.0 Å².